The number of halogens is 1. The molecule has 2 aliphatic heterocycles. The number of thiophene rings is 1. The molecule has 2 aliphatic rings. The summed E-state index contributed by atoms with van der Waals surface area (Å²) in [6, 6.07) is 4.02. The molecule has 2 saturated heterocycles. The lowest BCUT2D eigenvalue weighted by atomic mass is 10.1. The van der Waals surface area contributed by atoms with Crippen molar-refractivity contribution in [3.05, 3.63) is 29.5 Å². The van der Waals surface area contributed by atoms with Crippen molar-refractivity contribution in [2.75, 3.05) is 53.0 Å². The second-order valence-electron chi connectivity index (χ2n) is 7.04. The van der Waals surface area contributed by atoms with E-state index in [1.165, 1.54) is 6.42 Å². The number of oxazole rings is 1. The Hall–Kier alpha value is -1.17. The lowest BCUT2D eigenvalue weighted by Crippen LogP contribution is -2.53. The predicted molar refractivity (Wildman–Crippen MR) is 122 cm³/mol. The number of nitrogens with zero attached hydrogens (tertiary/aromatic N) is 4. The number of aromatic nitrogens is 1. The van der Waals surface area contributed by atoms with E-state index >= 15 is 0 Å². The lowest BCUT2D eigenvalue weighted by Gasteiger charge is -2.37. The minimum atomic E-state index is 0. The van der Waals surface area contributed by atoms with Crippen LogP contribution in [0.1, 0.15) is 12.1 Å². The normalized spacial score (nSPS) is 21.0. The highest BCUT2D eigenvalue weighted by Gasteiger charge is 2.24. The molecule has 0 aromatic carbocycles. The van der Waals surface area contributed by atoms with Crippen LogP contribution >= 0.6 is 35.3 Å². The Bertz CT molecular complexity index is 737. The van der Waals surface area contributed by atoms with Crippen LogP contribution in [0, 0.1) is 5.92 Å². The molecule has 0 bridgehead atoms. The molecule has 0 radical (unpaired) electrons. The molecule has 0 amide bonds. The van der Waals surface area contributed by atoms with E-state index in [0.29, 0.717) is 18.4 Å². The molecule has 1 atom stereocenters. The molecule has 154 valence electrons. The first-order chi connectivity index (χ1) is 13.3. The van der Waals surface area contributed by atoms with Gasteiger partial charge in [-0.3, -0.25) is 9.89 Å². The molecule has 4 heterocycles. The van der Waals surface area contributed by atoms with Gasteiger partial charge in [-0.25, -0.2) is 4.98 Å². The summed E-state index contributed by atoms with van der Waals surface area (Å²) in [7, 11) is 1.84. The Balaban J connectivity index is 0.00000225. The number of ether oxygens (including phenoxy) is 1. The highest BCUT2D eigenvalue weighted by molar-refractivity contribution is 14.0. The zero-order valence-corrected chi connectivity index (χ0v) is 19.3. The van der Waals surface area contributed by atoms with Crippen molar-refractivity contribution in [1.29, 1.82) is 0 Å². The average Bonchev–Trinajstić information content (AvgIpc) is 3.46. The van der Waals surface area contributed by atoms with Crippen molar-refractivity contribution in [3.63, 3.8) is 0 Å². The molecule has 0 aliphatic carbocycles. The molecule has 2 aromatic heterocycles. The van der Waals surface area contributed by atoms with E-state index in [1.54, 1.807) is 17.6 Å². The van der Waals surface area contributed by atoms with Gasteiger partial charge in [-0.1, -0.05) is 6.07 Å². The van der Waals surface area contributed by atoms with Gasteiger partial charge in [0.2, 0.25) is 5.89 Å². The summed E-state index contributed by atoms with van der Waals surface area (Å²) >= 11 is 1.63. The Morgan fingerprint density at radius 2 is 2.21 bits per heavy atom. The van der Waals surface area contributed by atoms with E-state index in [9.17, 15) is 0 Å². The number of rotatable bonds is 5. The van der Waals surface area contributed by atoms with Gasteiger partial charge in [-0.15, -0.1) is 35.3 Å². The summed E-state index contributed by atoms with van der Waals surface area (Å²) < 4.78 is 11.1. The zero-order valence-electron chi connectivity index (χ0n) is 16.2. The topological polar surface area (TPSA) is 66.1 Å². The van der Waals surface area contributed by atoms with Crippen LogP contribution in [0.4, 0.5) is 0 Å². The van der Waals surface area contributed by atoms with Crippen LogP contribution < -0.4 is 5.32 Å². The van der Waals surface area contributed by atoms with Crippen LogP contribution in [0.2, 0.25) is 0 Å². The van der Waals surface area contributed by atoms with Crippen LogP contribution in [0.3, 0.4) is 0 Å². The highest BCUT2D eigenvalue weighted by atomic mass is 127. The van der Waals surface area contributed by atoms with E-state index in [0.717, 1.165) is 62.5 Å². The maximum absolute atomic E-state index is 5.59. The Labute approximate surface area is 187 Å². The minimum Gasteiger partial charge on any atom is -0.443 e. The molecule has 0 spiro atoms. The van der Waals surface area contributed by atoms with Crippen LogP contribution in [0.25, 0.3) is 10.8 Å². The van der Waals surface area contributed by atoms with E-state index in [-0.39, 0.29) is 24.0 Å². The molecule has 7 nitrogen and oxygen atoms in total. The monoisotopic (exact) mass is 517 g/mol. The Morgan fingerprint density at radius 1 is 1.36 bits per heavy atom. The largest absolute Gasteiger partial charge is 0.443 e. The zero-order chi connectivity index (χ0) is 18.5. The van der Waals surface area contributed by atoms with E-state index in [2.05, 4.69) is 25.1 Å². The van der Waals surface area contributed by atoms with Gasteiger partial charge in [0.25, 0.3) is 0 Å². The number of guanidine groups is 1. The highest BCUT2D eigenvalue weighted by Crippen LogP contribution is 2.23. The molecule has 0 saturated carbocycles. The molecule has 1 N–H and O–H groups in total. The molecule has 4 rings (SSSR count). The number of piperazine rings is 1. The first-order valence-electron chi connectivity index (χ1n) is 9.56. The van der Waals surface area contributed by atoms with Crippen molar-refractivity contribution in [2.24, 2.45) is 10.9 Å². The quantitative estimate of drug-likeness (QED) is 0.374. The third-order valence-electron chi connectivity index (χ3n) is 5.14. The molecule has 1 unspecified atom stereocenters. The van der Waals surface area contributed by atoms with Crippen molar-refractivity contribution in [2.45, 2.75) is 13.0 Å². The molecular formula is C19H28IN5O2S. The summed E-state index contributed by atoms with van der Waals surface area (Å²) in [6.07, 6.45) is 2.92. The van der Waals surface area contributed by atoms with Gasteiger partial charge in [0, 0.05) is 46.4 Å². The molecular weight excluding hydrogens is 489 g/mol. The summed E-state index contributed by atoms with van der Waals surface area (Å²) in [4.78, 5) is 14.9. The molecule has 28 heavy (non-hydrogen) atoms. The van der Waals surface area contributed by atoms with Crippen molar-refractivity contribution >= 4 is 41.3 Å². The number of nitrogens with one attached hydrogen (secondary N) is 1. The van der Waals surface area contributed by atoms with Crippen LogP contribution in [0.5, 0.6) is 0 Å². The van der Waals surface area contributed by atoms with Gasteiger partial charge in [-0.05, 0) is 23.8 Å². The standard InChI is InChI=1S/C19H27N5O2S.HI/c1-20-19(21-11-16-14-26-18(22-16)17-3-2-10-27-17)24-7-5-23(6-8-24)12-15-4-9-25-13-15;/h2-3,10,14-15H,4-9,11-13H2,1H3,(H,20,21);1H. The van der Waals surface area contributed by atoms with Crippen LogP contribution in [-0.2, 0) is 11.3 Å². The summed E-state index contributed by atoms with van der Waals surface area (Å²) in [5.41, 5.74) is 0.888. The second kappa shape index (κ2) is 10.6. The summed E-state index contributed by atoms with van der Waals surface area (Å²) in [5, 5.41) is 5.45. The fourth-order valence-electron chi connectivity index (χ4n) is 3.64. The smallest absolute Gasteiger partial charge is 0.236 e. The number of hydrogen-bond donors (Lipinski definition) is 1. The minimum absolute atomic E-state index is 0. The van der Waals surface area contributed by atoms with E-state index < -0.39 is 0 Å². The Morgan fingerprint density at radius 3 is 2.89 bits per heavy atom. The third-order valence-corrected chi connectivity index (χ3v) is 5.99. The van der Waals surface area contributed by atoms with Crippen molar-refractivity contribution in [1.82, 2.24) is 20.1 Å². The predicted octanol–water partition coefficient (Wildman–Crippen LogP) is 2.75. The molecule has 2 fully saturated rings. The number of aliphatic imine (C=N–C) groups is 1. The molecule has 2 aromatic rings. The van der Waals surface area contributed by atoms with E-state index in [1.807, 2.05) is 24.6 Å². The van der Waals surface area contributed by atoms with Crippen LogP contribution in [0.15, 0.2) is 33.2 Å². The average molecular weight is 517 g/mol. The third kappa shape index (κ3) is 5.46. The van der Waals surface area contributed by atoms with Crippen molar-refractivity contribution in [3.8, 4) is 10.8 Å². The molecule has 9 heteroatoms. The van der Waals surface area contributed by atoms with Crippen molar-refractivity contribution < 1.29 is 9.15 Å². The van der Waals surface area contributed by atoms with Gasteiger partial charge in [0.05, 0.1) is 23.7 Å². The fraction of sp³-hybridized carbons (Fsp3) is 0.579. The Kier molecular flexibility index (Phi) is 8.12. The first kappa shape index (κ1) is 21.5. The van der Waals surface area contributed by atoms with Gasteiger partial charge in [0.15, 0.2) is 5.96 Å². The fourth-order valence-corrected chi connectivity index (χ4v) is 4.29. The lowest BCUT2D eigenvalue weighted by molar-refractivity contribution is 0.139. The first-order valence-corrected chi connectivity index (χ1v) is 10.4. The van der Waals surface area contributed by atoms with Gasteiger partial charge < -0.3 is 19.4 Å². The maximum atomic E-state index is 5.59. The number of hydrogen-bond acceptors (Lipinski definition) is 6. The summed E-state index contributed by atoms with van der Waals surface area (Å²) in [6.45, 7) is 7.75. The van der Waals surface area contributed by atoms with Gasteiger partial charge in [0.1, 0.15) is 6.26 Å². The maximum Gasteiger partial charge on any atom is 0.236 e. The van der Waals surface area contributed by atoms with Crippen LogP contribution in [-0.4, -0.2) is 73.7 Å². The van der Waals surface area contributed by atoms with E-state index in [4.69, 9.17) is 9.15 Å². The second-order valence-corrected chi connectivity index (χ2v) is 7.99. The van der Waals surface area contributed by atoms with Gasteiger partial charge >= 0.3 is 0 Å². The summed E-state index contributed by atoms with van der Waals surface area (Å²) in [5.74, 6) is 2.32. The SMILES string of the molecule is CN=C(NCc1coc(-c2cccs2)n1)N1CCN(CC2CCOC2)CC1.I. The van der Waals surface area contributed by atoms with Gasteiger partial charge in [-0.2, -0.15) is 0 Å².